The zero-order chi connectivity index (χ0) is 68.4. The van der Waals surface area contributed by atoms with E-state index in [2.05, 4.69) is 426 Å². The van der Waals surface area contributed by atoms with Gasteiger partial charge in [0.1, 0.15) is 0 Å². The van der Waals surface area contributed by atoms with Gasteiger partial charge in [-0.05, 0) is 225 Å². The fourth-order valence-corrected chi connectivity index (χ4v) is 14.5. The molecule has 0 spiro atoms. The van der Waals surface area contributed by atoms with Gasteiger partial charge in [0.15, 0.2) is 0 Å². The van der Waals surface area contributed by atoms with Crippen molar-refractivity contribution < 1.29 is 0 Å². The number of benzene rings is 14. The van der Waals surface area contributed by atoms with Crippen molar-refractivity contribution in [1.29, 1.82) is 0 Å². The Labute approximate surface area is 600 Å². The van der Waals surface area contributed by atoms with Crippen LogP contribution in [0.4, 0.5) is 62.6 Å². The summed E-state index contributed by atoms with van der Waals surface area (Å²) in [5, 5.41) is 0. The van der Waals surface area contributed by atoms with Gasteiger partial charge in [0.2, 0.25) is 0 Å². The zero-order valence-corrected chi connectivity index (χ0v) is 56.9. The quantitative estimate of drug-likeness (QED) is 0.0627. The van der Waals surface area contributed by atoms with E-state index >= 15 is 0 Å². The third kappa shape index (κ3) is 13.8. The van der Waals surface area contributed by atoms with Gasteiger partial charge in [-0.25, -0.2) is 0 Å². The van der Waals surface area contributed by atoms with Crippen molar-refractivity contribution >= 4 is 92.9 Å². The molecule has 0 bridgehead atoms. The number of para-hydroxylation sites is 5. The van der Waals surface area contributed by atoms with Crippen LogP contribution in [0.3, 0.4) is 0 Å². The van der Waals surface area contributed by atoms with E-state index in [1.807, 2.05) is 0 Å². The molecule has 1 atom stereocenters. The Kier molecular flexibility index (Phi) is 18.5. The first-order valence-electron chi connectivity index (χ1n) is 35.3. The van der Waals surface area contributed by atoms with Crippen LogP contribution in [0.5, 0.6) is 0 Å². The van der Waals surface area contributed by atoms with Crippen LogP contribution in [-0.4, -0.2) is 6.04 Å². The largest absolute Gasteiger partial charge is 0.334 e. The van der Waals surface area contributed by atoms with Crippen LogP contribution in [0.2, 0.25) is 0 Å². The Morgan fingerprint density at radius 3 is 0.843 bits per heavy atom. The lowest BCUT2D eigenvalue weighted by molar-refractivity contribution is 0.626. The van der Waals surface area contributed by atoms with Crippen LogP contribution in [0, 0.1) is 0 Å². The summed E-state index contributed by atoms with van der Waals surface area (Å²) in [4.78, 5) is 9.75. The van der Waals surface area contributed by atoms with Crippen LogP contribution < -0.4 is 19.6 Å². The topological polar surface area (TPSA) is 13.0 Å². The maximum atomic E-state index is 4.89. The zero-order valence-electron chi connectivity index (χ0n) is 56.9. The van der Waals surface area contributed by atoms with E-state index in [0.717, 1.165) is 149 Å². The van der Waals surface area contributed by atoms with Crippen molar-refractivity contribution in [3.63, 3.8) is 0 Å². The molecule has 1 saturated carbocycles. The highest BCUT2D eigenvalue weighted by Crippen LogP contribution is 2.54. The molecule has 4 heteroatoms. The molecule has 0 heterocycles. The lowest BCUT2D eigenvalue weighted by Gasteiger charge is -2.39. The molecule has 0 saturated heterocycles. The summed E-state index contributed by atoms with van der Waals surface area (Å²) in [6, 6.07) is 132. The molecule has 0 amide bonds. The summed E-state index contributed by atoms with van der Waals surface area (Å²) < 4.78 is 0. The summed E-state index contributed by atoms with van der Waals surface area (Å²) in [6.07, 6.45) is 18.2. The summed E-state index contributed by atoms with van der Waals surface area (Å²) >= 11 is 0. The monoisotopic (exact) mass is 1310 g/mol. The summed E-state index contributed by atoms with van der Waals surface area (Å²) in [5.74, 6) is 0. The highest BCUT2D eigenvalue weighted by Gasteiger charge is 2.32. The molecule has 0 aliphatic heterocycles. The number of hydrogen-bond acceptors (Lipinski definition) is 4. The molecule has 2 aliphatic rings. The summed E-state index contributed by atoms with van der Waals surface area (Å²) in [7, 11) is 0. The lowest BCUT2D eigenvalue weighted by Crippen LogP contribution is -2.35. The van der Waals surface area contributed by atoms with E-state index in [0.29, 0.717) is 0 Å². The average Bonchev–Trinajstić information content (AvgIpc) is 0.729. The molecule has 4 nitrogen and oxygen atoms in total. The normalized spacial score (nSPS) is 13.6. The van der Waals surface area contributed by atoms with Gasteiger partial charge < -0.3 is 19.6 Å². The van der Waals surface area contributed by atoms with Crippen molar-refractivity contribution in [3.8, 4) is 44.5 Å². The van der Waals surface area contributed by atoms with Crippen LogP contribution in [0.15, 0.2) is 394 Å². The van der Waals surface area contributed by atoms with Gasteiger partial charge in [-0.3, -0.25) is 0 Å². The van der Waals surface area contributed by atoms with Crippen LogP contribution >= 0.6 is 0 Å². The van der Waals surface area contributed by atoms with E-state index in [9.17, 15) is 0 Å². The number of rotatable bonds is 18. The maximum absolute atomic E-state index is 4.89. The third-order valence-electron chi connectivity index (χ3n) is 19.6. The van der Waals surface area contributed by atoms with E-state index in [-0.39, 0.29) is 6.04 Å². The molecule has 2 aliphatic carbocycles. The molecular formula is C98H76N4. The fraction of sp³-hybridized carbons (Fsp3) is 0.0408. The second-order valence-electron chi connectivity index (χ2n) is 26.1. The minimum Gasteiger partial charge on any atom is -0.334 e. The molecule has 0 N–H and O–H groups in total. The Hall–Kier alpha value is -13.0. The van der Waals surface area contributed by atoms with Crippen LogP contribution in [0.1, 0.15) is 47.1 Å². The second kappa shape index (κ2) is 29.6. The first-order valence-corrected chi connectivity index (χ1v) is 35.3. The number of anilines is 11. The van der Waals surface area contributed by atoms with E-state index in [1.54, 1.807) is 0 Å². The van der Waals surface area contributed by atoms with Crippen molar-refractivity contribution in [3.05, 3.63) is 422 Å². The number of allylic oxidation sites excluding steroid dienone is 2. The first kappa shape index (κ1) is 63.7. The van der Waals surface area contributed by atoms with Crippen molar-refractivity contribution in [1.82, 2.24) is 0 Å². The number of fused-ring (bicyclic) bond motifs is 8. The molecule has 0 aromatic heterocycles. The van der Waals surface area contributed by atoms with Gasteiger partial charge in [-0.15, -0.1) is 0 Å². The molecule has 14 aromatic rings. The maximum Gasteiger partial charge on any atom is 0.0586 e. The SMILES string of the molecule is C=C1CC/C(=C\C=C\c2ccccc2)CC1N(c1ccccc1)c1ccc2c(c1)-c1ccc(N(c3ccccc3)c3ccc(/C=C/c4ccccc4)cc3)cc1-c1ccc(N(c3ccccc3)c3ccccc3)cc1-c1ccc(N(c3ccccc3)c3ccc(/C=C/c4ccccc4)cc3)cc1-2. The Balaban J connectivity index is 0.924. The molecule has 1 fully saturated rings. The van der Waals surface area contributed by atoms with E-state index in [1.165, 1.54) is 16.7 Å². The minimum absolute atomic E-state index is 0.0134. The van der Waals surface area contributed by atoms with Gasteiger partial charge in [-0.2, -0.15) is 0 Å². The molecule has 14 aromatic carbocycles. The Morgan fingerprint density at radius 2 is 0.500 bits per heavy atom. The van der Waals surface area contributed by atoms with Crippen LogP contribution in [0.25, 0.3) is 74.9 Å². The average molecular weight is 1310 g/mol. The van der Waals surface area contributed by atoms with Gasteiger partial charge in [0.25, 0.3) is 0 Å². The van der Waals surface area contributed by atoms with Gasteiger partial charge in [0.05, 0.1) is 6.04 Å². The molecule has 102 heavy (non-hydrogen) atoms. The molecular weight excluding hydrogens is 1230 g/mol. The fourth-order valence-electron chi connectivity index (χ4n) is 14.5. The number of nitrogens with zero attached hydrogens (tertiary/aromatic N) is 4. The van der Waals surface area contributed by atoms with Gasteiger partial charge in [-0.1, -0.05) is 291 Å². The standard InChI is InChI=1S/C98H76N4/c1-72-45-46-78(34-26-33-73-27-10-2-11-28-73)67-98(72)102(83-43-24-9-25-44-83)89-62-66-93-96-70-87(100(81-39-20-7-21-40-81)84-55-51-76(52-56-84)49-47-74-29-12-3-13-30-74)60-64-91(96)94-68-86(99(79-35-16-5-17-36-79)80-37-18-6-19-38-80)59-63-90(94)95-69-88(61-65-92(95)97(93)71-89)101(82-41-22-8-23-42-82)85-57-53-77(54-58-85)50-48-75-31-14-4-15-32-75/h2-44,47-66,68-71,98H,1,45-46,67H2/b33-26+,49-47+,50-48+,78-34+,94-91?,95-90?,96-93?,97-92?. The van der Waals surface area contributed by atoms with Crippen LogP contribution in [-0.2, 0) is 0 Å². The second-order valence-corrected chi connectivity index (χ2v) is 26.1. The summed E-state index contributed by atoms with van der Waals surface area (Å²) in [5.41, 5.74) is 29.1. The predicted molar refractivity (Wildman–Crippen MR) is 435 cm³/mol. The van der Waals surface area contributed by atoms with Gasteiger partial charge in [0, 0.05) is 62.6 Å². The van der Waals surface area contributed by atoms with Gasteiger partial charge >= 0.3 is 0 Å². The Bertz CT molecular complexity index is 5160. The molecule has 16 rings (SSSR count). The summed E-state index contributed by atoms with van der Waals surface area (Å²) in [6.45, 7) is 4.89. The van der Waals surface area contributed by atoms with Crippen molar-refractivity contribution in [2.45, 2.75) is 25.3 Å². The highest BCUT2D eigenvalue weighted by atomic mass is 15.2. The lowest BCUT2D eigenvalue weighted by atomic mass is 9.79. The Morgan fingerprint density at radius 1 is 0.235 bits per heavy atom. The van der Waals surface area contributed by atoms with Crippen molar-refractivity contribution in [2.75, 3.05) is 19.6 Å². The minimum atomic E-state index is -0.0134. The smallest absolute Gasteiger partial charge is 0.0586 e. The molecule has 488 valence electrons. The van der Waals surface area contributed by atoms with E-state index in [4.69, 9.17) is 6.58 Å². The third-order valence-corrected chi connectivity index (χ3v) is 19.6. The van der Waals surface area contributed by atoms with E-state index < -0.39 is 0 Å². The molecule has 0 radical (unpaired) electrons. The molecule has 1 unspecified atom stereocenters. The predicted octanol–water partition coefficient (Wildman–Crippen LogP) is 27.3. The number of hydrogen-bond donors (Lipinski definition) is 0. The van der Waals surface area contributed by atoms with Crippen molar-refractivity contribution in [2.24, 2.45) is 0 Å². The highest BCUT2D eigenvalue weighted by molar-refractivity contribution is 6.07. The first-order chi connectivity index (χ1) is 50.5.